The number of halogens is 1. The molecule has 0 heterocycles. The third kappa shape index (κ3) is 3.17. The first-order valence-electron chi connectivity index (χ1n) is 6.95. The Kier molecular flexibility index (Phi) is 4.08. The Hall–Kier alpha value is -1.65. The van der Waals surface area contributed by atoms with Crippen LogP contribution in [0, 0.1) is 0 Å². The van der Waals surface area contributed by atoms with Crippen LogP contribution in [0.3, 0.4) is 0 Å². The Morgan fingerprint density at radius 3 is 2.43 bits per heavy atom. The quantitative estimate of drug-likeness (QED) is 0.892. The van der Waals surface area contributed by atoms with E-state index in [0.717, 1.165) is 29.4 Å². The second-order valence-electron chi connectivity index (χ2n) is 5.37. The van der Waals surface area contributed by atoms with E-state index >= 15 is 0 Å². The molecular weight excluding hydrogens is 330 g/mol. The predicted molar refractivity (Wildman–Crippen MR) is 85.6 cm³/mol. The molecule has 0 spiro atoms. The van der Waals surface area contributed by atoms with Gasteiger partial charge in [-0.25, -0.2) is 4.79 Å². The number of aromatic carboxylic acids is 1. The summed E-state index contributed by atoms with van der Waals surface area (Å²) in [7, 11) is 0. The first-order valence-corrected chi connectivity index (χ1v) is 7.74. The highest BCUT2D eigenvalue weighted by atomic mass is 79.9. The Bertz CT molecular complexity index is 659. The highest BCUT2D eigenvalue weighted by Gasteiger charge is 2.20. The number of carboxylic acids is 1. The van der Waals surface area contributed by atoms with E-state index < -0.39 is 5.97 Å². The molecular formula is C17H16BrNO2. The fraction of sp³-hybridized carbons (Fsp3) is 0.235. The van der Waals surface area contributed by atoms with Gasteiger partial charge in [-0.1, -0.05) is 46.3 Å². The lowest BCUT2D eigenvalue weighted by Gasteiger charge is -2.13. The van der Waals surface area contributed by atoms with Crippen LogP contribution < -0.4 is 5.32 Å². The van der Waals surface area contributed by atoms with Gasteiger partial charge in [-0.2, -0.15) is 0 Å². The minimum absolute atomic E-state index is 0.305. The van der Waals surface area contributed by atoms with Gasteiger partial charge in [0.25, 0.3) is 0 Å². The van der Waals surface area contributed by atoms with Crippen molar-refractivity contribution in [3.63, 3.8) is 0 Å². The van der Waals surface area contributed by atoms with Crippen molar-refractivity contribution in [2.75, 3.05) is 0 Å². The van der Waals surface area contributed by atoms with Gasteiger partial charge in [0.15, 0.2) is 0 Å². The van der Waals surface area contributed by atoms with Crippen LogP contribution >= 0.6 is 15.9 Å². The summed E-state index contributed by atoms with van der Waals surface area (Å²) in [6.07, 6.45) is 2.11. The zero-order valence-corrected chi connectivity index (χ0v) is 13.1. The molecule has 2 aromatic carbocycles. The normalized spacial score (nSPS) is 14.1. The zero-order chi connectivity index (χ0) is 14.8. The highest BCUT2D eigenvalue weighted by Crippen LogP contribution is 2.23. The summed E-state index contributed by atoms with van der Waals surface area (Å²) in [5.41, 5.74) is 4.24. The van der Waals surface area contributed by atoms with E-state index in [1.807, 2.05) is 6.07 Å². The molecule has 0 atom stereocenters. The van der Waals surface area contributed by atoms with E-state index in [1.165, 1.54) is 11.1 Å². The van der Waals surface area contributed by atoms with Gasteiger partial charge >= 0.3 is 5.97 Å². The van der Waals surface area contributed by atoms with Crippen molar-refractivity contribution >= 4 is 21.9 Å². The molecule has 0 saturated heterocycles. The molecule has 0 saturated carbocycles. The SMILES string of the molecule is O=C(O)c1ccc(CNC2Cc3ccccc3C2)c(Br)c1. The van der Waals surface area contributed by atoms with Crippen molar-refractivity contribution in [1.82, 2.24) is 5.32 Å². The molecule has 1 aliphatic carbocycles. The molecule has 0 fully saturated rings. The molecule has 21 heavy (non-hydrogen) atoms. The lowest BCUT2D eigenvalue weighted by Crippen LogP contribution is -2.29. The zero-order valence-electron chi connectivity index (χ0n) is 11.5. The summed E-state index contributed by atoms with van der Waals surface area (Å²) in [5.74, 6) is -0.901. The topological polar surface area (TPSA) is 49.3 Å². The summed E-state index contributed by atoms with van der Waals surface area (Å²) in [5, 5.41) is 12.5. The fourth-order valence-electron chi connectivity index (χ4n) is 2.78. The van der Waals surface area contributed by atoms with Crippen LogP contribution in [-0.2, 0) is 19.4 Å². The summed E-state index contributed by atoms with van der Waals surface area (Å²) in [6, 6.07) is 14.2. The van der Waals surface area contributed by atoms with Gasteiger partial charge in [0.05, 0.1) is 5.56 Å². The molecule has 0 bridgehead atoms. The third-order valence-electron chi connectivity index (χ3n) is 3.93. The van der Waals surface area contributed by atoms with Crippen molar-refractivity contribution in [2.45, 2.75) is 25.4 Å². The molecule has 1 aliphatic rings. The van der Waals surface area contributed by atoms with Crippen molar-refractivity contribution in [2.24, 2.45) is 0 Å². The van der Waals surface area contributed by atoms with Gasteiger partial charge in [-0.15, -0.1) is 0 Å². The second kappa shape index (κ2) is 6.00. The molecule has 0 unspecified atom stereocenters. The molecule has 0 radical (unpaired) electrons. The van der Waals surface area contributed by atoms with Crippen LogP contribution in [0.4, 0.5) is 0 Å². The highest BCUT2D eigenvalue weighted by molar-refractivity contribution is 9.10. The molecule has 0 amide bonds. The van der Waals surface area contributed by atoms with Crippen molar-refractivity contribution < 1.29 is 9.90 Å². The summed E-state index contributed by atoms with van der Waals surface area (Å²) in [6.45, 7) is 0.735. The van der Waals surface area contributed by atoms with E-state index in [4.69, 9.17) is 5.11 Å². The molecule has 0 aromatic heterocycles. The Morgan fingerprint density at radius 1 is 1.19 bits per heavy atom. The van der Waals surface area contributed by atoms with Gasteiger partial charge in [0.2, 0.25) is 0 Å². The summed E-state index contributed by atoms with van der Waals surface area (Å²) >= 11 is 3.45. The van der Waals surface area contributed by atoms with Gasteiger partial charge in [-0.3, -0.25) is 0 Å². The molecule has 108 valence electrons. The van der Waals surface area contributed by atoms with Crippen LogP contribution in [0.2, 0.25) is 0 Å². The maximum absolute atomic E-state index is 10.9. The van der Waals surface area contributed by atoms with Crippen molar-refractivity contribution in [3.8, 4) is 0 Å². The molecule has 3 rings (SSSR count). The Morgan fingerprint density at radius 2 is 1.86 bits per heavy atom. The van der Waals surface area contributed by atoms with E-state index in [1.54, 1.807) is 12.1 Å². The van der Waals surface area contributed by atoms with E-state index in [2.05, 4.69) is 45.5 Å². The first kappa shape index (κ1) is 14.3. The van der Waals surface area contributed by atoms with Gasteiger partial charge in [-0.05, 0) is 41.7 Å². The largest absolute Gasteiger partial charge is 0.478 e. The van der Waals surface area contributed by atoms with Crippen LogP contribution in [0.5, 0.6) is 0 Å². The fourth-order valence-corrected chi connectivity index (χ4v) is 3.30. The number of fused-ring (bicyclic) bond motifs is 1. The van der Waals surface area contributed by atoms with Gasteiger partial charge < -0.3 is 10.4 Å². The maximum Gasteiger partial charge on any atom is 0.335 e. The van der Waals surface area contributed by atoms with E-state index in [9.17, 15) is 4.79 Å². The minimum Gasteiger partial charge on any atom is -0.478 e. The number of nitrogens with one attached hydrogen (secondary N) is 1. The lowest BCUT2D eigenvalue weighted by atomic mass is 10.1. The maximum atomic E-state index is 10.9. The number of rotatable bonds is 4. The third-order valence-corrected chi connectivity index (χ3v) is 4.67. The van der Waals surface area contributed by atoms with Crippen molar-refractivity contribution in [1.29, 1.82) is 0 Å². The number of hydrogen-bond acceptors (Lipinski definition) is 2. The Balaban J connectivity index is 1.63. The van der Waals surface area contributed by atoms with E-state index in [0.29, 0.717) is 11.6 Å². The predicted octanol–water partition coefficient (Wildman–Crippen LogP) is 3.40. The monoisotopic (exact) mass is 345 g/mol. The lowest BCUT2D eigenvalue weighted by molar-refractivity contribution is 0.0697. The van der Waals surface area contributed by atoms with Crippen LogP contribution in [0.15, 0.2) is 46.9 Å². The number of hydrogen-bond donors (Lipinski definition) is 2. The number of carboxylic acid groups (broad SMARTS) is 1. The van der Waals surface area contributed by atoms with Gasteiger partial charge in [0.1, 0.15) is 0 Å². The molecule has 4 heteroatoms. The average Bonchev–Trinajstić information content (AvgIpc) is 2.88. The number of carbonyl (C=O) groups is 1. The van der Waals surface area contributed by atoms with Crippen LogP contribution in [0.25, 0.3) is 0 Å². The van der Waals surface area contributed by atoms with Gasteiger partial charge in [0, 0.05) is 17.1 Å². The van der Waals surface area contributed by atoms with Crippen LogP contribution in [-0.4, -0.2) is 17.1 Å². The first-order chi connectivity index (χ1) is 10.1. The summed E-state index contributed by atoms with van der Waals surface area (Å²) < 4.78 is 0.838. The molecule has 3 nitrogen and oxygen atoms in total. The van der Waals surface area contributed by atoms with E-state index in [-0.39, 0.29) is 0 Å². The Labute approximate surface area is 132 Å². The molecule has 0 aliphatic heterocycles. The smallest absolute Gasteiger partial charge is 0.335 e. The minimum atomic E-state index is -0.901. The molecule has 2 aromatic rings. The second-order valence-corrected chi connectivity index (χ2v) is 6.22. The average molecular weight is 346 g/mol. The summed E-state index contributed by atoms with van der Waals surface area (Å²) in [4.78, 5) is 10.9. The van der Waals surface area contributed by atoms with Crippen molar-refractivity contribution in [3.05, 3.63) is 69.2 Å². The molecule has 2 N–H and O–H groups in total. The number of benzene rings is 2. The van der Waals surface area contributed by atoms with Crippen LogP contribution in [0.1, 0.15) is 27.0 Å². The standard InChI is InChI=1S/C17H16BrNO2/c18-16-9-13(17(20)21)5-6-14(16)10-19-15-7-11-3-1-2-4-12(11)8-15/h1-6,9,15,19H,7-8,10H2,(H,20,21).